The van der Waals surface area contributed by atoms with E-state index in [4.69, 9.17) is 0 Å². The summed E-state index contributed by atoms with van der Waals surface area (Å²) in [6.45, 7) is 3.81. The van der Waals surface area contributed by atoms with Crippen LogP contribution in [-0.4, -0.2) is 17.8 Å². The maximum atomic E-state index is 12.9. The van der Waals surface area contributed by atoms with Gasteiger partial charge in [-0.1, -0.05) is 6.92 Å². The lowest BCUT2D eigenvalue weighted by Gasteiger charge is -2.19. The van der Waals surface area contributed by atoms with Crippen LogP contribution in [0.2, 0.25) is 0 Å². The molecule has 1 atom stereocenters. The molecule has 1 N–H and O–H groups in total. The van der Waals surface area contributed by atoms with Gasteiger partial charge in [-0.05, 0) is 31.2 Å². The molecule has 5 heteroatoms. The number of hydrogen-bond acceptors (Lipinski definition) is 3. The van der Waals surface area contributed by atoms with Crippen LogP contribution in [0.1, 0.15) is 26.7 Å². The number of rotatable bonds is 2. The van der Waals surface area contributed by atoms with E-state index < -0.39 is 0 Å². The van der Waals surface area contributed by atoms with Crippen molar-refractivity contribution < 1.29 is 9.18 Å². The van der Waals surface area contributed by atoms with Crippen LogP contribution in [0, 0.1) is 5.82 Å². The summed E-state index contributed by atoms with van der Waals surface area (Å²) in [6, 6.07) is 6.32. The number of benzene rings is 1. The average molecular weight is 249 g/mol. The Kier molecular flexibility index (Phi) is 3.60. The van der Waals surface area contributed by atoms with E-state index in [1.807, 2.05) is 6.92 Å². The number of carbonyl (C=O) groups excluding carboxylic acids is 1. The number of anilines is 1. The first-order valence-corrected chi connectivity index (χ1v) is 6.02. The first kappa shape index (κ1) is 12.5. The third-order valence-corrected chi connectivity index (χ3v) is 2.83. The molecule has 1 aliphatic heterocycles. The molecule has 0 spiro atoms. The van der Waals surface area contributed by atoms with E-state index >= 15 is 0 Å². The maximum absolute atomic E-state index is 12.9. The monoisotopic (exact) mass is 249 g/mol. The molecule has 2 rings (SSSR count). The molecule has 0 aromatic heterocycles. The quantitative estimate of drug-likeness (QED) is 0.873. The Morgan fingerprint density at radius 1 is 1.50 bits per heavy atom. The summed E-state index contributed by atoms with van der Waals surface area (Å²) in [5.41, 5.74) is 0.824. The number of hydrazone groups is 1. The van der Waals surface area contributed by atoms with Gasteiger partial charge < -0.3 is 5.32 Å². The molecule has 1 aliphatic rings. The maximum Gasteiger partial charge on any atom is 0.225 e. The van der Waals surface area contributed by atoms with E-state index in [0.29, 0.717) is 18.7 Å². The van der Waals surface area contributed by atoms with E-state index in [1.54, 1.807) is 24.1 Å². The van der Waals surface area contributed by atoms with Crippen molar-refractivity contribution in [3.05, 3.63) is 30.1 Å². The zero-order chi connectivity index (χ0) is 13.1. The summed E-state index contributed by atoms with van der Waals surface area (Å²) in [4.78, 5) is 11.3. The fourth-order valence-corrected chi connectivity index (χ4v) is 1.87. The zero-order valence-corrected chi connectivity index (χ0v) is 10.5. The van der Waals surface area contributed by atoms with Crippen LogP contribution in [-0.2, 0) is 4.79 Å². The van der Waals surface area contributed by atoms with E-state index in [2.05, 4.69) is 10.4 Å². The molecule has 0 bridgehead atoms. The van der Waals surface area contributed by atoms with Gasteiger partial charge in [0.15, 0.2) is 0 Å². The largest absolute Gasteiger partial charge is 0.313 e. The van der Waals surface area contributed by atoms with Gasteiger partial charge in [-0.2, -0.15) is 5.10 Å². The highest BCUT2D eigenvalue weighted by molar-refractivity contribution is 5.99. The van der Waals surface area contributed by atoms with Gasteiger partial charge in [0.1, 0.15) is 11.7 Å². The van der Waals surface area contributed by atoms with Crippen molar-refractivity contribution in [2.45, 2.75) is 32.7 Å². The third kappa shape index (κ3) is 2.67. The normalized spacial score (nSPS) is 18.7. The number of hydrogen-bond donors (Lipinski definition) is 1. The predicted octanol–water partition coefficient (Wildman–Crippen LogP) is 2.26. The SMILES string of the molecule is CCC(=O)NC1=NN(c2ccc(F)cc2)C(C)C1. The van der Waals surface area contributed by atoms with Crippen molar-refractivity contribution >= 4 is 17.4 Å². The number of nitrogens with zero attached hydrogens (tertiary/aromatic N) is 2. The fraction of sp³-hybridized carbons (Fsp3) is 0.385. The topological polar surface area (TPSA) is 44.7 Å². The Labute approximate surface area is 105 Å². The molecule has 1 unspecified atom stereocenters. The second-order valence-electron chi connectivity index (χ2n) is 4.32. The van der Waals surface area contributed by atoms with Crippen LogP contribution < -0.4 is 10.3 Å². The molecule has 96 valence electrons. The van der Waals surface area contributed by atoms with Crippen molar-refractivity contribution in [3.63, 3.8) is 0 Å². The minimum Gasteiger partial charge on any atom is -0.313 e. The number of amidine groups is 1. The van der Waals surface area contributed by atoms with Crippen molar-refractivity contribution in [3.8, 4) is 0 Å². The van der Waals surface area contributed by atoms with E-state index in [1.165, 1.54) is 12.1 Å². The highest BCUT2D eigenvalue weighted by Gasteiger charge is 2.24. The minimum absolute atomic E-state index is 0.0399. The van der Waals surface area contributed by atoms with Crippen LogP contribution in [0.3, 0.4) is 0 Å². The molecular weight excluding hydrogens is 233 g/mol. The Hall–Kier alpha value is -1.91. The van der Waals surface area contributed by atoms with Crippen LogP contribution in [0.25, 0.3) is 0 Å². The lowest BCUT2D eigenvalue weighted by Crippen LogP contribution is -2.29. The Morgan fingerprint density at radius 3 is 2.78 bits per heavy atom. The van der Waals surface area contributed by atoms with Crippen LogP contribution in [0.5, 0.6) is 0 Å². The standard InChI is InChI=1S/C13H16FN3O/c1-3-13(18)15-12-8-9(2)17(16-12)11-6-4-10(14)5-7-11/h4-7,9H,3,8H2,1-2H3,(H,15,16,18). The van der Waals surface area contributed by atoms with Gasteiger partial charge in [0, 0.05) is 12.8 Å². The van der Waals surface area contributed by atoms with Crippen molar-refractivity contribution in [2.75, 3.05) is 5.01 Å². The van der Waals surface area contributed by atoms with Gasteiger partial charge in [-0.3, -0.25) is 9.80 Å². The molecule has 1 aromatic carbocycles. The minimum atomic E-state index is -0.269. The Bertz CT molecular complexity index is 470. The first-order chi connectivity index (χ1) is 8.60. The van der Waals surface area contributed by atoms with E-state index in [-0.39, 0.29) is 17.8 Å². The molecule has 0 saturated heterocycles. The highest BCUT2D eigenvalue weighted by Crippen LogP contribution is 2.23. The smallest absolute Gasteiger partial charge is 0.225 e. The predicted molar refractivity (Wildman–Crippen MR) is 68.8 cm³/mol. The van der Waals surface area contributed by atoms with E-state index in [9.17, 15) is 9.18 Å². The van der Waals surface area contributed by atoms with Crippen LogP contribution in [0.15, 0.2) is 29.4 Å². The Balaban J connectivity index is 2.13. The molecule has 0 fully saturated rings. The van der Waals surface area contributed by atoms with Crippen LogP contribution >= 0.6 is 0 Å². The van der Waals surface area contributed by atoms with Crippen molar-refractivity contribution in [1.82, 2.24) is 5.32 Å². The molecule has 0 aliphatic carbocycles. The van der Waals surface area contributed by atoms with Gasteiger partial charge in [0.05, 0.1) is 11.7 Å². The van der Waals surface area contributed by atoms with Gasteiger partial charge in [-0.15, -0.1) is 0 Å². The number of amides is 1. The molecule has 1 amide bonds. The number of carbonyl (C=O) groups is 1. The molecule has 4 nitrogen and oxygen atoms in total. The zero-order valence-electron chi connectivity index (χ0n) is 10.5. The molecular formula is C13H16FN3O. The molecule has 1 aromatic rings. The van der Waals surface area contributed by atoms with Gasteiger partial charge in [0.2, 0.25) is 5.91 Å². The van der Waals surface area contributed by atoms with Gasteiger partial charge >= 0.3 is 0 Å². The number of nitrogens with one attached hydrogen (secondary N) is 1. The molecule has 18 heavy (non-hydrogen) atoms. The lowest BCUT2D eigenvalue weighted by molar-refractivity contribution is -0.119. The summed E-state index contributed by atoms with van der Waals surface area (Å²) >= 11 is 0. The first-order valence-electron chi connectivity index (χ1n) is 6.02. The fourth-order valence-electron chi connectivity index (χ4n) is 1.87. The number of halogens is 1. The second-order valence-corrected chi connectivity index (χ2v) is 4.32. The molecule has 1 heterocycles. The Morgan fingerprint density at radius 2 is 2.17 bits per heavy atom. The van der Waals surface area contributed by atoms with Crippen molar-refractivity contribution in [1.29, 1.82) is 0 Å². The van der Waals surface area contributed by atoms with Gasteiger partial charge in [-0.25, -0.2) is 4.39 Å². The summed E-state index contributed by atoms with van der Waals surface area (Å²) in [5, 5.41) is 8.91. The summed E-state index contributed by atoms with van der Waals surface area (Å²) < 4.78 is 12.9. The molecule has 0 radical (unpaired) electrons. The van der Waals surface area contributed by atoms with Crippen molar-refractivity contribution in [2.24, 2.45) is 5.10 Å². The summed E-state index contributed by atoms with van der Waals surface area (Å²) in [7, 11) is 0. The third-order valence-electron chi connectivity index (χ3n) is 2.83. The average Bonchev–Trinajstić information content (AvgIpc) is 2.71. The summed E-state index contributed by atoms with van der Waals surface area (Å²) in [6.07, 6.45) is 1.12. The lowest BCUT2D eigenvalue weighted by atomic mass is 10.2. The highest BCUT2D eigenvalue weighted by atomic mass is 19.1. The summed E-state index contributed by atoms with van der Waals surface area (Å²) in [5.74, 6) is 0.356. The van der Waals surface area contributed by atoms with E-state index in [0.717, 1.165) is 5.69 Å². The van der Waals surface area contributed by atoms with Crippen LogP contribution in [0.4, 0.5) is 10.1 Å². The second kappa shape index (κ2) is 5.16. The van der Waals surface area contributed by atoms with Gasteiger partial charge in [0.25, 0.3) is 0 Å². The molecule has 0 saturated carbocycles.